The maximum Gasteiger partial charge on any atom is 0.328 e. The van der Waals surface area contributed by atoms with Crippen LogP contribution in [-0.4, -0.2) is 16.2 Å². The number of anilines is 1. The molecule has 5 heteroatoms. The van der Waals surface area contributed by atoms with E-state index in [0.717, 1.165) is 5.56 Å². The Balaban J connectivity index is 2.26. The first kappa shape index (κ1) is 12.3. The van der Waals surface area contributed by atoms with Gasteiger partial charge in [-0.1, -0.05) is 6.07 Å². The second-order valence-electron chi connectivity index (χ2n) is 4.07. The van der Waals surface area contributed by atoms with E-state index in [1.165, 1.54) is 0 Å². The van der Waals surface area contributed by atoms with Crippen molar-refractivity contribution in [1.29, 1.82) is 0 Å². The number of nitrogens with two attached hydrogens (primary N) is 1. The molecule has 1 heterocycles. The van der Waals surface area contributed by atoms with Crippen LogP contribution < -0.4 is 16.2 Å². The highest BCUT2D eigenvalue weighted by Gasteiger charge is 2.05. The Morgan fingerprint density at radius 2 is 2.00 bits per heavy atom. The molecule has 0 atom stereocenters. The molecule has 1 aromatic heterocycles. The number of rotatable bonds is 4. The lowest BCUT2D eigenvalue weighted by Gasteiger charge is -2.07. The summed E-state index contributed by atoms with van der Waals surface area (Å²) in [6.45, 7) is 3.13. The van der Waals surface area contributed by atoms with Crippen LogP contribution in [0.3, 0.4) is 0 Å². The number of imidazole rings is 1. The van der Waals surface area contributed by atoms with Gasteiger partial charge in [-0.3, -0.25) is 9.13 Å². The highest BCUT2D eigenvalue weighted by molar-refractivity contribution is 5.54. The SMILES string of the molecule is CCn1ccn(Cc2ccc(OC)c(N)c2)c1=O. The smallest absolute Gasteiger partial charge is 0.328 e. The molecule has 0 aliphatic rings. The molecule has 0 spiro atoms. The molecule has 5 nitrogen and oxygen atoms in total. The van der Waals surface area contributed by atoms with Crippen molar-refractivity contribution in [2.24, 2.45) is 0 Å². The molecule has 0 bridgehead atoms. The first-order valence-electron chi connectivity index (χ1n) is 5.83. The van der Waals surface area contributed by atoms with Crippen molar-refractivity contribution in [3.63, 3.8) is 0 Å². The molecule has 2 N–H and O–H groups in total. The van der Waals surface area contributed by atoms with Gasteiger partial charge >= 0.3 is 5.69 Å². The maximum atomic E-state index is 11.9. The number of aromatic nitrogens is 2. The summed E-state index contributed by atoms with van der Waals surface area (Å²) >= 11 is 0. The molecule has 0 radical (unpaired) electrons. The van der Waals surface area contributed by atoms with Gasteiger partial charge in [0.05, 0.1) is 19.3 Å². The van der Waals surface area contributed by atoms with Crippen molar-refractivity contribution in [2.45, 2.75) is 20.0 Å². The first-order chi connectivity index (χ1) is 8.65. The Kier molecular flexibility index (Phi) is 3.41. The molecule has 1 aromatic carbocycles. The minimum Gasteiger partial charge on any atom is -0.495 e. The van der Waals surface area contributed by atoms with Crippen molar-refractivity contribution in [2.75, 3.05) is 12.8 Å². The van der Waals surface area contributed by atoms with Gasteiger partial charge in [0.2, 0.25) is 0 Å². The van der Waals surface area contributed by atoms with Crippen LogP contribution in [0.4, 0.5) is 5.69 Å². The molecule has 0 unspecified atom stereocenters. The van der Waals surface area contributed by atoms with Gasteiger partial charge in [-0.2, -0.15) is 0 Å². The van der Waals surface area contributed by atoms with Crippen molar-refractivity contribution in [3.05, 3.63) is 46.6 Å². The molecule has 0 aliphatic carbocycles. The molecular weight excluding hydrogens is 230 g/mol. The lowest BCUT2D eigenvalue weighted by molar-refractivity contribution is 0.417. The van der Waals surface area contributed by atoms with Crippen LogP contribution in [0.15, 0.2) is 35.4 Å². The summed E-state index contributed by atoms with van der Waals surface area (Å²) in [6.07, 6.45) is 3.57. The fourth-order valence-corrected chi connectivity index (χ4v) is 1.89. The molecule has 18 heavy (non-hydrogen) atoms. The van der Waals surface area contributed by atoms with E-state index < -0.39 is 0 Å². The van der Waals surface area contributed by atoms with E-state index in [9.17, 15) is 4.79 Å². The monoisotopic (exact) mass is 247 g/mol. The molecule has 0 fully saturated rings. The Hall–Kier alpha value is -2.17. The Morgan fingerprint density at radius 3 is 2.56 bits per heavy atom. The third kappa shape index (κ3) is 2.25. The van der Waals surface area contributed by atoms with Gasteiger partial charge in [0.15, 0.2) is 0 Å². The topological polar surface area (TPSA) is 62.2 Å². The molecule has 2 aromatic rings. The van der Waals surface area contributed by atoms with Gasteiger partial charge in [-0.05, 0) is 24.6 Å². The minimum absolute atomic E-state index is 0.00751. The van der Waals surface area contributed by atoms with E-state index in [-0.39, 0.29) is 5.69 Å². The van der Waals surface area contributed by atoms with Crippen molar-refractivity contribution < 1.29 is 4.74 Å². The summed E-state index contributed by atoms with van der Waals surface area (Å²) in [6, 6.07) is 5.55. The molecule has 0 amide bonds. The van der Waals surface area contributed by atoms with Crippen LogP contribution in [0.1, 0.15) is 12.5 Å². The third-order valence-electron chi connectivity index (χ3n) is 2.91. The molecule has 96 valence electrons. The summed E-state index contributed by atoms with van der Waals surface area (Å²) < 4.78 is 8.41. The van der Waals surface area contributed by atoms with Crippen LogP contribution in [0.5, 0.6) is 5.75 Å². The van der Waals surface area contributed by atoms with Crippen molar-refractivity contribution in [3.8, 4) is 5.75 Å². The summed E-state index contributed by atoms with van der Waals surface area (Å²) in [5.41, 5.74) is 7.39. The van der Waals surface area contributed by atoms with Crippen LogP contribution in [0, 0.1) is 0 Å². The predicted octanol–water partition coefficient (Wildman–Crippen LogP) is 1.31. The largest absolute Gasteiger partial charge is 0.495 e. The number of methoxy groups -OCH3 is 1. The highest BCUT2D eigenvalue weighted by Crippen LogP contribution is 2.22. The predicted molar refractivity (Wildman–Crippen MR) is 70.9 cm³/mol. The van der Waals surface area contributed by atoms with Crippen molar-refractivity contribution in [1.82, 2.24) is 9.13 Å². The zero-order valence-corrected chi connectivity index (χ0v) is 10.6. The average Bonchev–Trinajstić information content (AvgIpc) is 2.71. The second-order valence-corrected chi connectivity index (χ2v) is 4.07. The van der Waals surface area contributed by atoms with Gasteiger partial charge in [0, 0.05) is 18.9 Å². The van der Waals surface area contributed by atoms with Gasteiger partial charge in [0.1, 0.15) is 5.75 Å². The fourth-order valence-electron chi connectivity index (χ4n) is 1.89. The van der Waals surface area contributed by atoms with E-state index in [4.69, 9.17) is 10.5 Å². The normalized spacial score (nSPS) is 10.6. The summed E-state index contributed by atoms with van der Waals surface area (Å²) in [5, 5.41) is 0. The Morgan fingerprint density at radius 1 is 1.28 bits per heavy atom. The Bertz CT molecular complexity index is 599. The number of nitrogens with zero attached hydrogens (tertiary/aromatic N) is 2. The van der Waals surface area contributed by atoms with E-state index in [1.807, 2.05) is 25.1 Å². The van der Waals surface area contributed by atoms with Gasteiger partial charge < -0.3 is 10.5 Å². The van der Waals surface area contributed by atoms with Crippen molar-refractivity contribution >= 4 is 5.69 Å². The molecule has 2 rings (SSSR count). The standard InChI is InChI=1S/C13H17N3O2/c1-3-15-6-7-16(13(15)17)9-10-4-5-12(18-2)11(14)8-10/h4-8H,3,9,14H2,1-2H3. The van der Waals surface area contributed by atoms with E-state index >= 15 is 0 Å². The molecule has 0 aliphatic heterocycles. The molecular formula is C13H17N3O2. The average molecular weight is 247 g/mol. The summed E-state index contributed by atoms with van der Waals surface area (Å²) in [4.78, 5) is 11.9. The Labute approximate surface area is 105 Å². The second kappa shape index (κ2) is 5.00. The number of benzene rings is 1. The van der Waals surface area contributed by atoms with Gasteiger partial charge in [-0.25, -0.2) is 4.79 Å². The van der Waals surface area contributed by atoms with Crippen LogP contribution in [-0.2, 0) is 13.1 Å². The number of ether oxygens (including phenoxy) is 1. The zero-order valence-electron chi connectivity index (χ0n) is 10.6. The minimum atomic E-state index is -0.00751. The molecule has 0 saturated carbocycles. The number of hydrogen-bond donors (Lipinski definition) is 1. The quantitative estimate of drug-likeness (QED) is 0.828. The lowest BCUT2D eigenvalue weighted by atomic mass is 10.2. The van der Waals surface area contributed by atoms with Crippen LogP contribution in [0.2, 0.25) is 0 Å². The maximum absolute atomic E-state index is 11.9. The van der Waals surface area contributed by atoms with Crippen LogP contribution in [0.25, 0.3) is 0 Å². The van der Waals surface area contributed by atoms with Gasteiger partial charge in [0.25, 0.3) is 0 Å². The van der Waals surface area contributed by atoms with E-state index in [0.29, 0.717) is 24.5 Å². The van der Waals surface area contributed by atoms with Gasteiger partial charge in [-0.15, -0.1) is 0 Å². The van der Waals surface area contributed by atoms with Crippen LogP contribution >= 0.6 is 0 Å². The number of hydrogen-bond acceptors (Lipinski definition) is 3. The third-order valence-corrected chi connectivity index (χ3v) is 2.91. The summed E-state index contributed by atoms with van der Waals surface area (Å²) in [7, 11) is 1.58. The van der Waals surface area contributed by atoms with E-state index in [2.05, 4.69) is 0 Å². The number of aryl methyl sites for hydroxylation is 1. The number of nitrogen functional groups attached to an aromatic ring is 1. The van der Waals surface area contributed by atoms with E-state index in [1.54, 1.807) is 28.6 Å². The highest BCUT2D eigenvalue weighted by atomic mass is 16.5. The zero-order chi connectivity index (χ0) is 13.1. The fraction of sp³-hybridized carbons (Fsp3) is 0.308. The first-order valence-corrected chi connectivity index (χ1v) is 5.83. The lowest BCUT2D eigenvalue weighted by Crippen LogP contribution is -2.23. The summed E-state index contributed by atoms with van der Waals surface area (Å²) in [5.74, 6) is 0.650. The molecule has 0 saturated heterocycles.